The molecule has 0 heterocycles. The summed E-state index contributed by atoms with van der Waals surface area (Å²) in [5.41, 5.74) is 3.08. The van der Waals surface area contributed by atoms with Crippen molar-refractivity contribution in [2.45, 2.75) is 52.4 Å². The van der Waals surface area contributed by atoms with E-state index in [9.17, 15) is 0 Å². The van der Waals surface area contributed by atoms with Gasteiger partial charge >= 0.3 is 0 Å². The molecule has 5 saturated carbocycles. The molecule has 6 rings (SSSR count). The van der Waals surface area contributed by atoms with Gasteiger partial charge in [0, 0.05) is 0 Å². The number of hydrogen-bond donors (Lipinski definition) is 1. The van der Waals surface area contributed by atoms with Crippen LogP contribution in [0.2, 0.25) is 0 Å². The third-order valence-corrected chi connectivity index (χ3v) is 9.38. The standard InChI is InChI=1S/C21H28.CH4S/c1-12-3-5-14-13(9-12)4-6-18-15(14)7-8-20(2)10-16-17-11-21(18,20)19(16)17;1-2/h3,5,9,13-19H,4,6-8,10-11H2,1-2H3;2H,1H3. The molecule has 0 aromatic carbocycles. The summed E-state index contributed by atoms with van der Waals surface area (Å²) in [6.07, 6.45) is 18.7. The van der Waals surface area contributed by atoms with Crippen molar-refractivity contribution in [1.82, 2.24) is 0 Å². The Kier molecular flexibility index (Phi) is 3.10. The second-order valence-corrected chi connectivity index (χ2v) is 9.76. The number of fused-ring (bicyclic) bond motifs is 4. The maximum Gasteiger partial charge on any atom is -0.0136 e. The molecule has 0 bridgehead atoms. The van der Waals surface area contributed by atoms with E-state index in [1.807, 2.05) is 0 Å². The summed E-state index contributed by atoms with van der Waals surface area (Å²) in [5.74, 6) is 7.44. The minimum absolute atomic E-state index is 0.745. The van der Waals surface area contributed by atoms with Crippen molar-refractivity contribution >= 4 is 12.6 Å². The van der Waals surface area contributed by atoms with E-state index in [-0.39, 0.29) is 0 Å². The van der Waals surface area contributed by atoms with Gasteiger partial charge in [-0.3, -0.25) is 0 Å². The topological polar surface area (TPSA) is 0 Å². The van der Waals surface area contributed by atoms with Crippen LogP contribution in [0.3, 0.4) is 0 Å². The molecule has 9 atom stereocenters. The van der Waals surface area contributed by atoms with Gasteiger partial charge in [0.2, 0.25) is 0 Å². The first-order valence-electron chi connectivity index (χ1n) is 9.95. The monoisotopic (exact) mass is 328 g/mol. The largest absolute Gasteiger partial charge is 0.183 e. The van der Waals surface area contributed by atoms with Crippen molar-refractivity contribution in [1.29, 1.82) is 0 Å². The van der Waals surface area contributed by atoms with E-state index in [0.717, 1.165) is 34.5 Å². The molecule has 6 aliphatic rings. The van der Waals surface area contributed by atoms with Gasteiger partial charge in [0.25, 0.3) is 0 Å². The molecule has 1 spiro atoms. The van der Waals surface area contributed by atoms with Crippen LogP contribution < -0.4 is 0 Å². The Morgan fingerprint density at radius 1 is 1.04 bits per heavy atom. The highest BCUT2D eigenvalue weighted by molar-refractivity contribution is 7.79. The van der Waals surface area contributed by atoms with Crippen molar-refractivity contribution in [3.05, 3.63) is 23.8 Å². The molecule has 0 amide bonds. The second kappa shape index (κ2) is 4.71. The zero-order valence-corrected chi connectivity index (χ0v) is 15.9. The molecule has 0 N–H and O–H groups in total. The Morgan fingerprint density at radius 3 is 2.61 bits per heavy atom. The maximum absolute atomic E-state index is 3.53. The highest BCUT2D eigenvalue weighted by Crippen LogP contribution is 2.90. The summed E-state index contributed by atoms with van der Waals surface area (Å²) in [4.78, 5) is 0. The normalized spacial score (nSPS) is 60.0. The van der Waals surface area contributed by atoms with Gasteiger partial charge in [0.05, 0.1) is 0 Å². The molecule has 5 fully saturated rings. The fourth-order valence-corrected chi connectivity index (χ4v) is 8.69. The van der Waals surface area contributed by atoms with Crippen LogP contribution in [0.15, 0.2) is 23.8 Å². The molecule has 126 valence electrons. The van der Waals surface area contributed by atoms with Gasteiger partial charge in [-0.15, -0.1) is 0 Å². The fraction of sp³-hybridized carbons (Fsp3) is 0.818. The van der Waals surface area contributed by atoms with Crippen molar-refractivity contribution in [3.63, 3.8) is 0 Å². The molecule has 23 heavy (non-hydrogen) atoms. The maximum atomic E-state index is 3.53. The lowest BCUT2D eigenvalue weighted by atomic mass is 9.39. The summed E-state index contributed by atoms with van der Waals surface area (Å²) in [6.45, 7) is 4.98. The van der Waals surface area contributed by atoms with Crippen LogP contribution in [0.5, 0.6) is 0 Å². The molecular formula is C22H32S. The van der Waals surface area contributed by atoms with Crippen LogP contribution >= 0.6 is 12.6 Å². The molecular weight excluding hydrogens is 296 g/mol. The van der Waals surface area contributed by atoms with Gasteiger partial charge in [-0.05, 0) is 104 Å². The van der Waals surface area contributed by atoms with Crippen LogP contribution in [0.4, 0.5) is 0 Å². The van der Waals surface area contributed by atoms with Crippen LogP contribution in [0, 0.1) is 52.3 Å². The Bertz CT molecular complexity index is 589. The first kappa shape index (κ1) is 15.1. The van der Waals surface area contributed by atoms with Crippen LogP contribution in [0.25, 0.3) is 0 Å². The van der Waals surface area contributed by atoms with Gasteiger partial charge in [-0.1, -0.05) is 30.7 Å². The van der Waals surface area contributed by atoms with Crippen LogP contribution in [0.1, 0.15) is 52.4 Å². The summed E-state index contributed by atoms with van der Waals surface area (Å²) >= 11 is 3.53. The lowest BCUT2D eigenvalue weighted by Gasteiger charge is -2.66. The molecule has 0 saturated heterocycles. The Hall–Kier alpha value is -0.170. The van der Waals surface area contributed by atoms with E-state index in [4.69, 9.17) is 0 Å². The van der Waals surface area contributed by atoms with E-state index in [0.29, 0.717) is 0 Å². The predicted molar refractivity (Wildman–Crippen MR) is 100 cm³/mol. The van der Waals surface area contributed by atoms with Gasteiger partial charge in [0.15, 0.2) is 0 Å². The summed E-state index contributed by atoms with van der Waals surface area (Å²) in [6, 6.07) is 0. The van der Waals surface area contributed by atoms with Crippen molar-refractivity contribution in [2.75, 3.05) is 6.26 Å². The van der Waals surface area contributed by atoms with Gasteiger partial charge in [0.1, 0.15) is 0 Å². The quantitative estimate of drug-likeness (QED) is 0.537. The zero-order valence-electron chi connectivity index (χ0n) is 15.0. The third-order valence-electron chi connectivity index (χ3n) is 9.38. The Balaban J connectivity index is 0.000000587. The average Bonchev–Trinajstić information content (AvgIpc) is 3.03. The lowest BCUT2D eigenvalue weighted by molar-refractivity contribution is -0.166. The predicted octanol–water partition coefficient (Wildman–Crippen LogP) is 5.76. The van der Waals surface area contributed by atoms with Crippen molar-refractivity contribution < 1.29 is 0 Å². The van der Waals surface area contributed by atoms with E-state index >= 15 is 0 Å². The summed E-state index contributed by atoms with van der Waals surface area (Å²) < 4.78 is 0. The highest BCUT2D eigenvalue weighted by atomic mass is 32.1. The number of allylic oxidation sites excluding steroid dienone is 4. The molecule has 9 unspecified atom stereocenters. The molecule has 1 heteroatoms. The SMILES string of the molecule is CC1=CC2CCC3C(CCC4(C)CC5C6CC34C56)C2C=C1.CS. The Labute approximate surface area is 147 Å². The van der Waals surface area contributed by atoms with Crippen LogP contribution in [-0.4, -0.2) is 6.26 Å². The molecule has 0 aromatic heterocycles. The minimum Gasteiger partial charge on any atom is -0.183 e. The zero-order chi connectivity index (χ0) is 16.0. The Morgan fingerprint density at radius 2 is 1.83 bits per heavy atom. The average molecular weight is 329 g/mol. The summed E-state index contributed by atoms with van der Waals surface area (Å²) in [5, 5.41) is 0. The van der Waals surface area contributed by atoms with E-state index in [2.05, 4.69) is 44.7 Å². The minimum atomic E-state index is 0.745. The van der Waals surface area contributed by atoms with Gasteiger partial charge in [-0.25, -0.2) is 0 Å². The van der Waals surface area contributed by atoms with Gasteiger partial charge in [-0.2, -0.15) is 12.6 Å². The lowest BCUT2D eigenvalue weighted by Crippen LogP contribution is -2.59. The molecule has 6 aliphatic carbocycles. The fourth-order valence-electron chi connectivity index (χ4n) is 8.69. The van der Waals surface area contributed by atoms with E-state index in [1.54, 1.807) is 31.9 Å². The smallest absolute Gasteiger partial charge is 0.0136 e. The molecule has 0 aliphatic heterocycles. The van der Waals surface area contributed by atoms with Crippen LogP contribution in [-0.2, 0) is 0 Å². The van der Waals surface area contributed by atoms with Crippen molar-refractivity contribution in [3.8, 4) is 0 Å². The summed E-state index contributed by atoms with van der Waals surface area (Å²) in [7, 11) is 0. The molecule has 0 radical (unpaired) electrons. The third kappa shape index (κ3) is 1.62. The number of thiol groups is 1. The van der Waals surface area contributed by atoms with E-state index < -0.39 is 0 Å². The number of rotatable bonds is 0. The first-order valence-corrected chi connectivity index (χ1v) is 10.8. The van der Waals surface area contributed by atoms with Crippen molar-refractivity contribution in [2.24, 2.45) is 52.3 Å². The second-order valence-electron chi connectivity index (χ2n) is 9.76. The number of hydrogen-bond acceptors (Lipinski definition) is 1. The molecule has 0 nitrogen and oxygen atoms in total. The first-order chi connectivity index (χ1) is 11.1. The van der Waals surface area contributed by atoms with Gasteiger partial charge < -0.3 is 0 Å². The van der Waals surface area contributed by atoms with E-state index in [1.165, 1.54) is 36.2 Å². The highest BCUT2D eigenvalue weighted by Gasteiger charge is 2.84. The molecule has 0 aromatic rings.